The van der Waals surface area contributed by atoms with Crippen molar-refractivity contribution in [2.75, 3.05) is 0 Å². The van der Waals surface area contributed by atoms with E-state index in [9.17, 15) is 13.2 Å². The fourth-order valence-corrected chi connectivity index (χ4v) is 3.79. The van der Waals surface area contributed by atoms with Gasteiger partial charge in [-0.15, -0.1) is 0 Å². The number of carbonyl (C=O) groups is 1. The van der Waals surface area contributed by atoms with Gasteiger partial charge in [-0.1, -0.05) is 29.8 Å². The molecule has 8 heteroatoms. The molecule has 2 rings (SSSR count). The van der Waals surface area contributed by atoms with E-state index in [1.807, 2.05) is 0 Å². The lowest BCUT2D eigenvalue weighted by Gasteiger charge is -2.07. The quantitative estimate of drug-likeness (QED) is 0.905. The highest BCUT2D eigenvalue weighted by molar-refractivity contribution is 7.89. The van der Waals surface area contributed by atoms with Gasteiger partial charge in [0.25, 0.3) is 0 Å². The molecule has 0 saturated heterocycles. The Labute approximate surface area is 126 Å². The number of aromatic nitrogens is 2. The molecule has 0 saturated carbocycles. The molecule has 112 valence electrons. The van der Waals surface area contributed by atoms with Crippen molar-refractivity contribution in [2.45, 2.75) is 11.5 Å². The van der Waals surface area contributed by atoms with Gasteiger partial charge in [-0.25, -0.2) is 13.2 Å². The zero-order chi connectivity index (χ0) is 15.6. The van der Waals surface area contributed by atoms with Gasteiger partial charge in [0.15, 0.2) is 9.84 Å². The molecule has 0 unspecified atom stereocenters. The van der Waals surface area contributed by atoms with Gasteiger partial charge in [0.05, 0.1) is 23.4 Å². The zero-order valence-corrected chi connectivity index (χ0v) is 12.7. The summed E-state index contributed by atoms with van der Waals surface area (Å²) in [6.07, 6.45) is 1.14. The minimum absolute atomic E-state index is 0.111. The summed E-state index contributed by atoms with van der Waals surface area (Å²) >= 11 is 5.95. The molecule has 0 spiro atoms. The summed E-state index contributed by atoms with van der Waals surface area (Å²) in [5.41, 5.74) is 0.521. The Hall–Kier alpha value is -1.86. The van der Waals surface area contributed by atoms with E-state index in [1.165, 1.54) is 11.7 Å². The van der Waals surface area contributed by atoms with Gasteiger partial charge in [0.2, 0.25) is 0 Å². The Morgan fingerprint density at radius 2 is 2.00 bits per heavy atom. The summed E-state index contributed by atoms with van der Waals surface area (Å²) in [6.45, 7) is 0. The van der Waals surface area contributed by atoms with E-state index in [0.29, 0.717) is 10.6 Å². The Kier molecular flexibility index (Phi) is 4.34. The number of rotatable bonds is 5. The van der Waals surface area contributed by atoms with Crippen LogP contribution in [-0.4, -0.2) is 29.3 Å². The van der Waals surface area contributed by atoms with Crippen LogP contribution in [0.15, 0.2) is 30.5 Å². The van der Waals surface area contributed by atoms with Gasteiger partial charge in [-0.3, -0.25) is 4.68 Å². The molecule has 1 heterocycles. The summed E-state index contributed by atoms with van der Waals surface area (Å²) < 4.78 is 25.8. The van der Waals surface area contributed by atoms with E-state index in [-0.39, 0.29) is 17.0 Å². The number of nitrogens with zero attached hydrogens (tertiary/aromatic N) is 2. The van der Waals surface area contributed by atoms with Gasteiger partial charge in [-0.2, -0.15) is 5.10 Å². The number of aryl methyl sites for hydroxylation is 1. The van der Waals surface area contributed by atoms with Crippen LogP contribution in [0.25, 0.3) is 0 Å². The summed E-state index contributed by atoms with van der Waals surface area (Å²) in [4.78, 5) is 11.1. The molecule has 0 bridgehead atoms. The van der Waals surface area contributed by atoms with Crippen molar-refractivity contribution in [1.82, 2.24) is 9.78 Å². The van der Waals surface area contributed by atoms with Crippen molar-refractivity contribution < 1.29 is 18.3 Å². The van der Waals surface area contributed by atoms with Crippen molar-refractivity contribution in [1.29, 1.82) is 0 Å². The van der Waals surface area contributed by atoms with Gasteiger partial charge in [0.1, 0.15) is 5.56 Å². The highest BCUT2D eigenvalue weighted by atomic mass is 35.5. The molecule has 0 aliphatic rings. The first kappa shape index (κ1) is 15.5. The summed E-state index contributed by atoms with van der Waals surface area (Å²) in [7, 11) is -2.06. The van der Waals surface area contributed by atoms with E-state index >= 15 is 0 Å². The van der Waals surface area contributed by atoms with E-state index in [1.54, 1.807) is 24.3 Å². The SMILES string of the molecule is Cn1ncc(C(=O)O)c1CS(=O)(=O)Cc1ccccc1Cl. The fraction of sp³-hybridized carbons (Fsp3) is 0.231. The number of hydrogen-bond donors (Lipinski definition) is 1. The van der Waals surface area contributed by atoms with Crippen molar-refractivity contribution in [3.8, 4) is 0 Å². The molecule has 0 aliphatic carbocycles. The first-order valence-electron chi connectivity index (χ1n) is 5.98. The highest BCUT2D eigenvalue weighted by Gasteiger charge is 2.22. The lowest BCUT2D eigenvalue weighted by atomic mass is 10.2. The first-order chi connectivity index (χ1) is 9.80. The average Bonchev–Trinajstić information content (AvgIpc) is 2.73. The van der Waals surface area contributed by atoms with Crippen LogP contribution in [0, 0.1) is 0 Å². The van der Waals surface area contributed by atoms with Gasteiger partial charge in [-0.05, 0) is 11.6 Å². The molecule has 1 aromatic carbocycles. The lowest BCUT2D eigenvalue weighted by Crippen LogP contribution is -2.14. The Morgan fingerprint density at radius 1 is 1.33 bits per heavy atom. The number of sulfone groups is 1. The molecule has 1 N–H and O–H groups in total. The standard InChI is InChI=1S/C13H13ClN2O4S/c1-16-12(10(6-15-16)13(17)18)8-21(19,20)7-9-4-2-3-5-11(9)14/h2-6H,7-8H2,1H3,(H,17,18). The third kappa shape index (κ3) is 3.62. The molecule has 0 atom stereocenters. The molecule has 2 aromatic rings. The van der Waals surface area contributed by atoms with E-state index in [2.05, 4.69) is 5.10 Å². The maximum absolute atomic E-state index is 12.3. The Balaban J connectivity index is 2.29. The molecule has 1 aromatic heterocycles. The first-order valence-corrected chi connectivity index (χ1v) is 8.18. The number of hydrogen-bond acceptors (Lipinski definition) is 4. The molecule has 0 amide bonds. The van der Waals surface area contributed by atoms with Crippen LogP contribution in [0.3, 0.4) is 0 Å². The topological polar surface area (TPSA) is 89.3 Å². The van der Waals surface area contributed by atoms with Crippen LogP contribution in [0.5, 0.6) is 0 Å². The summed E-state index contributed by atoms with van der Waals surface area (Å²) in [5, 5.41) is 13.2. The molecular weight excluding hydrogens is 316 g/mol. The van der Waals surface area contributed by atoms with Crippen LogP contribution in [0.2, 0.25) is 5.02 Å². The number of halogens is 1. The number of carboxylic acid groups (broad SMARTS) is 1. The van der Waals surface area contributed by atoms with Crippen molar-refractivity contribution in [3.05, 3.63) is 52.3 Å². The third-order valence-electron chi connectivity index (χ3n) is 2.98. The second-order valence-electron chi connectivity index (χ2n) is 4.56. The molecule has 6 nitrogen and oxygen atoms in total. The van der Waals surface area contributed by atoms with E-state index in [4.69, 9.17) is 16.7 Å². The maximum atomic E-state index is 12.3. The monoisotopic (exact) mass is 328 g/mol. The average molecular weight is 329 g/mol. The van der Waals surface area contributed by atoms with Crippen molar-refractivity contribution >= 4 is 27.4 Å². The third-order valence-corrected chi connectivity index (χ3v) is 4.81. The number of aromatic carboxylic acids is 1. The molecule has 0 aliphatic heterocycles. The second-order valence-corrected chi connectivity index (χ2v) is 7.03. The van der Waals surface area contributed by atoms with Gasteiger partial charge < -0.3 is 5.11 Å². The van der Waals surface area contributed by atoms with Gasteiger partial charge in [0, 0.05) is 12.1 Å². The Bertz CT molecular complexity index is 783. The second kappa shape index (κ2) is 5.87. The zero-order valence-electron chi connectivity index (χ0n) is 11.2. The van der Waals surface area contributed by atoms with Crippen LogP contribution >= 0.6 is 11.6 Å². The molecule has 21 heavy (non-hydrogen) atoms. The van der Waals surface area contributed by atoms with Crippen molar-refractivity contribution in [2.24, 2.45) is 7.05 Å². The predicted octanol–water partition coefficient (Wildman–Crippen LogP) is 1.89. The van der Waals surface area contributed by atoms with Gasteiger partial charge >= 0.3 is 5.97 Å². The maximum Gasteiger partial charge on any atom is 0.339 e. The highest BCUT2D eigenvalue weighted by Crippen LogP contribution is 2.20. The summed E-state index contributed by atoms with van der Waals surface area (Å²) in [6, 6.07) is 6.64. The summed E-state index contributed by atoms with van der Waals surface area (Å²) in [5.74, 6) is -1.86. The van der Waals surface area contributed by atoms with Crippen LogP contribution in [0.1, 0.15) is 21.6 Å². The van der Waals surface area contributed by atoms with Crippen LogP contribution in [0.4, 0.5) is 0 Å². The predicted molar refractivity (Wildman–Crippen MR) is 77.9 cm³/mol. The fourth-order valence-electron chi connectivity index (χ4n) is 1.92. The molecule has 0 fully saturated rings. The largest absolute Gasteiger partial charge is 0.478 e. The van der Waals surface area contributed by atoms with Crippen LogP contribution < -0.4 is 0 Å². The van der Waals surface area contributed by atoms with Crippen molar-refractivity contribution in [3.63, 3.8) is 0 Å². The minimum Gasteiger partial charge on any atom is -0.478 e. The normalized spacial score (nSPS) is 11.5. The molecular formula is C13H13ClN2O4S. The number of benzene rings is 1. The lowest BCUT2D eigenvalue weighted by molar-refractivity contribution is 0.0696. The number of carboxylic acids is 1. The smallest absolute Gasteiger partial charge is 0.339 e. The molecule has 0 radical (unpaired) electrons. The van der Waals surface area contributed by atoms with E-state index < -0.39 is 21.6 Å². The minimum atomic E-state index is -3.57. The van der Waals surface area contributed by atoms with Crippen LogP contribution in [-0.2, 0) is 28.4 Å². The Morgan fingerprint density at radius 3 is 2.62 bits per heavy atom. The van der Waals surface area contributed by atoms with E-state index in [0.717, 1.165) is 6.20 Å².